The van der Waals surface area contributed by atoms with E-state index >= 15 is 0 Å². The summed E-state index contributed by atoms with van der Waals surface area (Å²) in [6.07, 6.45) is 1.42. The lowest BCUT2D eigenvalue weighted by molar-refractivity contribution is 0.0713. The number of nitrogens with zero attached hydrogens (tertiary/aromatic N) is 2. The third kappa shape index (κ3) is 4.27. The van der Waals surface area contributed by atoms with Gasteiger partial charge in [0.25, 0.3) is 5.91 Å². The Morgan fingerprint density at radius 2 is 1.87 bits per heavy atom. The van der Waals surface area contributed by atoms with Gasteiger partial charge in [-0.3, -0.25) is 9.52 Å². The first-order valence-electron chi connectivity index (χ1n) is 9.09. The molecule has 0 fully saturated rings. The van der Waals surface area contributed by atoms with Gasteiger partial charge in [-0.2, -0.15) is 5.10 Å². The molecule has 6 nitrogen and oxygen atoms in total. The zero-order chi connectivity index (χ0) is 21.3. The van der Waals surface area contributed by atoms with E-state index in [0.717, 1.165) is 11.8 Å². The van der Waals surface area contributed by atoms with E-state index < -0.39 is 21.9 Å². The highest BCUT2D eigenvalue weighted by Gasteiger charge is 2.35. The fraction of sp³-hybridized carbons (Fsp3) is 0.143. The molecule has 1 aliphatic rings. The summed E-state index contributed by atoms with van der Waals surface area (Å²) in [5.41, 5.74) is 2.18. The molecule has 1 atom stereocenters. The second kappa shape index (κ2) is 8.00. The number of anilines is 1. The number of nitrogens with one attached hydrogen (secondary N) is 1. The van der Waals surface area contributed by atoms with Crippen LogP contribution in [0.15, 0.2) is 71.1 Å². The molecule has 0 spiro atoms. The molecule has 0 saturated heterocycles. The normalized spacial score (nSPS) is 16.4. The third-order valence-corrected chi connectivity index (χ3v) is 6.10. The molecule has 2 aromatic carbocycles. The monoisotopic (exact) mass is 443 g/mol. The van der Waals surface area contributed by atoms with Gasteiger partial charge in [0.2, 0.25) is 10.0 Å². The Morgan fingerprint density at radius 1 is 1.13 bits per heavy atom. The first-order valence-corrected chi connectivity index (χ1v) is 11.9. The summed E-state index contributed by atoms with van der Waals surface area (Å²) >= 11 is 1.30. The molecule has 0 radical (unpaired) electrons. The summed E-state index contributed by atoms with van der Waals surface area (Å²) in [5, 5.41) is 7.66. The number of hydrazone groups is 1. The van der Waals surface area contributed by atoms with E-state index in [2.05, 4.69) is 9.82 Å². The van der Waals surface area contributed by atoms with Crippen LogP contribution in [-0.4, -0.2) is 31.3 Å². The first kappa shape index (κ1) is 20.2. The molecule has 30 heavy (non-hydrogen) atoms. The summed E-state index contributed by atoms with van der Waals surface area (Å²) in [6, 6.07) is 16.0. The van der Waals surface area contributed by atoms with Gasteiger partial charge in [-0.15, -0.1) is 11.3 Å². The fourth-order valence-electron chi connectivity index (χ4n) is 3.32. The molecule has 0 bridgehead atoms. The largest absolute Gasteiger partial charge is 0.284 e. The van der Waals surface area contributed by atoms with Crippen LogP contribution in [0.4, 0.5) is 10.1 Å². The van der Waals surface area contributed by atoms with Gasteiger partial charge in [0, 0.05) is 17.7 Å². The molecule has 0 aliphatic carbocycles. The van der Waals surface area contributed by atoms with E-state index in [1.807, 2.05) is 0 Å². The number of carbonyl (C=O) groups excluding carboxylic acids is 1. The maximum absolute atomic E-state index is 14.5. The Labute approximate surface area is 177 Å². The van der Waals surface area contributed by atoms with Crippen LogP contribution in [0.3, 0.4) is 0 Å². The predicted octanol–water partition coefficient (Wildman–Crippen LogP) is 4.25. The Bertz CT molecular complexity index is 1210. The predicted molar refractivity (Wildman–Crippen MR) is 116 cm³/mol. The number of thiophene rings is 1. The molecule has 3 aromatic rings. The molecule has 2 heterocycles. The van der Waals surface area contributed by atoms with Gasteiger partial charge >= 0.3 is 0 Å². The highest BCUT2D eigenvalue weighted by Crippen LogP contribution is 2.35. The zero-order valence-electron chi connectivity index (χ0n) is 15.9. The molecular weight excluding hydrogens is 425 g/mol. The number of hydrogen-bond acceptors (Lipinski definition) is 5. The van der Waals surface area contributed by atoms with Gasteiger partial charge in [0.15, 0.2) is 0 Å². The van der Waals surface area contributed by atoms with Gasteiger partial charge in [-0.05, 0) is 35.2 Å². The van der Waals surface area contributed by atoms with Gasteiger partial charge in [0.1, 0.15) is 5.82 Å². The number of benzene rings is 2. The van der Waals surface area contributed by atoms with Crippen LogP contribution in [0.2, 0.25) is 0 Å². The Kier molecular flexibility index (Phi) is 5.40. The average molecular weight is 444 g/mol. The van der Waals surface area contributed by atoms with Crippen molar-refractivity contribution >= 4 is 38.7 Å². The lowest BCUT2D eigenvalue weighted by atomic mass is 9.98. The van der Waals surface area contributed by atoms with Crippen molar-refractivity contribution in [2.24, 2.45) is 5.10 Å². The summed E-state index contributed by atoms with van der Waals surface area (Å²) < 4.78 is 39.7. The number of rotatable bonds is 5. The molecule has 1 aromatic heterocycles. The van der Waals surface area contributed by atoms with Gasteiger partial charge < -0.3 is 0 Å². The number of amides is 1. The van der Waals surface area contributed by atoms with E-state index in [4.69, 9.17) is 0 Å². The standard InChI is InChI=1S/C21H18FN3O3S2/c1-30(27,28)24-15-10-8-14(9-11-15)18-13-19(16-5-2-3-6-17(16)22)25(23-18)21(26)20-7-4-12-29-20/h2-12,19,24H,13H2,1H3/t19-/m0/s1. The van der Waals surface area contributed by atoms with Crippen LogP contribution in [0.1, 0.15) is 33.3 Å². The van der Waals surface area contributed by atoms with Crippen molar-refractivity contribution in [2.45, 2.75) is 12.5 Å². The van der Waals surface area contributed by atoms with Crippen LogP contribution < -0.4 is 4.72 Å². The maximum Gasteiger partial charge on any atom is 0.284 e. The topological polar surface area (TPSA) is 78.8 Å². The molecule has 4 rings (SSSR count). The van der Waals surface area contributed by atoms with Crippen molar-refractivity contribution < 1.29 is 17.6 Å². The van der Waals surface area contributed by atoms with Crippen LogP contribution in [0.5, 0.6) is 0 Å². The van der Waals surface area contributed by atoms with E-state index in [1.165, 1.54) is 22.4 Å². The highest BCUT2D eigenvalue weighted by molar-refractivity contribution is 7.92. The Hall–Kier alpha value is -3.04. The van der Waals surface area contributed by atoms with E-state index in [9.17, 15) is 17.6 Å². The van der Waals surface area contributed by atoms with Gasteiger partial charge in [0.05, 0.1) is 22.9 Å². The number of carbonyl (C=O) groups is 1. The second-order valence-electron chi connectivity index (χ2n) is 6.87. The molecular formula is C21H18FN3O3S2. The average Bonchev–Trinajstić information content (AvgIpc) is 3.38. The van der Waals surface area contributed by atoms with Crippen LogP contribution in [0.25, 0.3) is 0 Å². The molecule has 9 heteroatoms. The minimum atomic E-state index is -3.38. The molecule has 0 saturated carbocycles. The van der Waals surface area contributed by atoms with Crippen molar-refractivity contribution in [2.75, 3.05) is 11.0 Å². The van der Waals surface area contributed by atoms with Crippen molar-refractivity contribution in [3.63, 3.8) is 0 Å². The second-order valence-corrected chi connectivity index (χ2v) is 9.56. The summed E-state index contributed by atoms with van der Waals surface area (Å²) in [7, 11) is -3.38. The van der Waals surface area contributed by atoms with Crippen LogP contribution in [0, 0.1) is 5.82 Å². The Morgan fingerprint density at radius 3 is 2.50 bits per heavy atom. The fourth-order valence-corrected chi connectivity index (χ4v) is 4.54. The summed E-state index contributed by atoms with van der Waals surface area (Å²) in [6.45, 7) is 0. The SMILES string of the molecule is CS(=O)(=O)Nc1ccc(C2=NN(C(=O)c3cccs3)[C@H](c3ccccc3F)C2)cc1. The maximum atomic E-state index is 14.5. The van der Waals surface area contributed by atoms with Crippen molar-refractivity contribution in [3.8, 4) is 0 Å². The smallest absolute Gasteiger partial charge is 0.284 e. The molecule has 1 aliphatic heterocycles. The number of hydrogen-bond donors (Lipinski definition) is 1. The lowest BCUT2D eigenvalue weighted by Crippen LogP contribution is -2.27. The molecule has 0 unspecified atom stereocenters. The van der Waals surface area contributed by atoms with Crippen LogP contribution in [-0.2, 0) is 10.0 Å². The minimum absolute atomic E-state index is 0.288. The molecule has 1 N–H and O–H groups in total. The number of sulfonamides is 1. The van der Waals surface area contributed by atoms with Crippen LogP contribution >= 0.6 is 11.3 Å². The van der Waals surface area contributed by atoms with E-state index in [1.54, 1.807) is 60.0 Å². The number of halogens is 1. The van der Waals surface area contributed by atoms with Gasteiger partial charge in [-0.25, -0.2) is 17.8 Å². The molecule has 1 amide bonds. The van der Waals surface area contributed by atoms with Crippen molar-refractivity contribution in [3.05, 3.63) is 87.9 Å². The summed E-state index contributed by atoms with van der Waals surface area (Å²) in [4.78, 5) is 13.5. The first-order chi connectivity index (χ1) is 14.3. The van der Waals surface area contributed by atoms with E-state index in [0.29, 0.717) is 28.3 Å². The highest BCUT2D eigenvalue weighted by atomic mass is 32.2. The summed E-state index contributed by atoms with van der Waals surface area (Å²) in [5.74, 6) is -0.681. The lowest BCUT2D eigenvalue weighted by Gasteiger charge is -2.21. The zero-order valence-corrected chi connectivity index (χ0v) is 17.6. The molecule has 154 valence electrons. The Balaban J connectivity index is 1.68. The quantitative estimate of drug-likeness (QED) is 0.640. The van der Waals surface area contributed by atoms with Crippen molar-refractivity contribution in [1.82, 2.24) is 5.01 Å². The third-order valence-electron chi connectivity index (χ3n) is 4.64. The minimum Gasteiger partial charge on any atom is -0.284 e. The van der Waals surface area contributed by atoms with Crippen molar-refractivity contribution in [1.29, 1.82) is 0 Å². The van der Waals surface area contributed by atoms with Gasteiger partial charge in [-0.1, -0.05) is 36.4 Å². The van der Waals surface area contributed by atoms with E-state index in [-0.39, 0.29) is 5.91 Å².